The molecule has 98 valence electrons. The third-order valence-corrected chi connectivity index (χ3v) is 2.78. The lowest BCUT2D eigenvalue weighted by molar-refractivity contribution is 0.470. The van der Waals surface area contributed by atoms with E-state index in [2.05, 4.69) is 16.5 Å². The van der Waals surface area contributed by atoms with Gasteiger partial charge in [0.15, 0.2) is 11.2 Å². The Kier molecular flexibility index (Phi) is 3.46. The van der Waals surface area contributed by atoms with Gasteiger partial charge in [0.1, 0.15) is 0 Å². The molecular weight excluding hydrogens is 242 g/mol. The monoisotopic (exact) mass is 257 g/mol. The highest BCUT2D eigenvalue weighted by molar-refractivity contribution is 5.64. The Balaban J connectivity index is 2.41. The Morgan fingerprint density at radius 2 is 2.05 bits per heavy atom. The fourth-order valence-electron chi connectivity index (χ4n) is 1.50. The summed E-state index contributed by atoms with van der Waals surface area (Å²) in [7, 11) is 1.62. The first kappa shape index (κ1) is 13.0. The third kappa shape index (κ3) is 2.70. The van der Waals surface area contributed by atoms with Gasteiger partial charge in [-0.05, 0) is 31.1 Å². The second-order valence-electron chi connectivity index (χ2n) is 4.34. The molecule has 0 N–H and O–H groups in total. The Morgan fingerprint density at radius 1 is 1.42 bits per heavy atom. The summed E-state index contributed by atoms with van der Waals surface area (Å²) in [6.07, 6.45) is 7.02. The third-order valence-electron chi connectivity index (χ3n) is 2.78. The molecule has 2 rings (SSSR count). The fourth-order valence-corrected chi connectivity index (χ4v) is 1.50. The fraction of sp³-hybridized carbons (Fsp3) is 0.214. The minimum absolute atomic E-state index is 0.422. The summed E-state index contributed by atoms with van der Waals surface area (Å²) >= 11 is 0. The van der Waals surface area contributed by atoms with Crippen molar-refractivity contribution in [2.75, 3.05) is 0 Å². The first-order valence-corrected chi connectivity index (χ1v) is 5.81. The van der Waals surface area contributed by atoms with Crippen molar-refractivity contribution < 1.29 is 4.42 Å². The summed E-state index contributed by atoms with van der Waals surface area (Å²) in [5, 5.41) is 0.541. The molecule has 0 bridgehead atoms. The Bertz CT molecular complexity index is 780. The molecular formula is C14H15N3O2. The molecule has 19 heavy (non-hydrogen) atoms. The highest BCUT2D eigenvalue weighted by atomic mass is 16.4. The van der Waals surface area contributed by atoms with Gasteiger partial charge < -0.3 is 4.42 Å². The number of oxazole rings is 1. The van der Waals surface area contributed by atoms with E-state index in [-0.39, 0.29) is 0 Å². The van der Waals surface area contributed by atoms with E-state index in [0.717, 1.165) is 11.1 Å². The first-order valence-electron chi connectivity index (χ1n) is 5.81. The van der Waals surface area contributed by atoms with Crippen molar-refractivity contribution in [3.05, 3.63) is 51.2 Å². The second-order valence-corrected chi connectivity index (χ2v) is 4.34. The van der Waals surface area contributed by atoms with Crippen molar-refractivity contribution in [1.29, 1.82) is 0 Å². The van der Waals surface area contributed by atoms with Gasteiger partial charge >= 0.3 is 5.76 Å². The van der Waals surface area contributed by atoms with Crippen LogP contribution in [-0.2, 0) is 7.05 Å². The molecule has 2 aromatic rings. The van der Waals surface area contributed by atoms with E-state index in [9.17, 15) is 4.79 Å². The van der Waals surface area contributed by atoms with E-state index in [1.54, 1.807) is 31.6 Å². The molecule has 2 aromatic heterocycles. The first-order chi connectivity index (χ1) is 8.99. The summed E-state index contributed by atoms with van der Waals surface area (Å²) in [6, 6.07) is 0. The van der Waals surface area contributed by atoms with Crippen LogP contribution in [0.3, 0.4) is 0 Å². The highest BCUT2D eigenvalue weighted by Crippen LogP contribution is 2.07. The van der Waals surface area contributed by atoms with Crippen molar-refractivity contribution in [1.82, 2.24) is 14.5 Å². The second kappa shape index (κ2) is 5.06. The summed E-state index contributed by atoms with van der Waals surface area (Å²) in [5.41, 5.74) is 2.33. The normalized spacial score (nSPS) is 13.0. The molecule has 0 fully saturated rings. The number of aryl methyl sites for hydroxylation is 1. The van der Waals surface area contributed by atoms with Gasteiger partial charge in [0.25, 0.3) is 0 Å². The number of rotatable bonds is 2. The van der Waals surface area contributed by atoms with E-state index in [1.807, 2.05) is 13.8 Å². The summed E-state index contributed by atoms with van der Waals surface area (Å²) < 4.78 is 6.41. The molecule has 0 saturated heterocycles. The Hall–Kier alpha value is -2.43. The lowest BCUT2D eigenvalue weighted by Gasteiger charge is -1.97. The minimum atomic E-state index is -0.422. The van der Waals surface area contributed by atoms with Crippen molar-refractivity contribution in [3.63, 3.8) is 0 Å². The number of nitrogens with zero attached hydrogens (tertiary/aromatic N) is 3. The van der Waals surface area contributed by atoms with Crippen LogP contribution in [0.5, 0.6) is 0 Å². The standard InChI is InChI=1S/C14H15N3O2/c1-9-7-15-13(16-8-9)10(2)5-6-12-11(3)17(4)14(18)19-12/h5-8H,3H2,1-2,4H3/b10-5+,12-6+. The molecule has 0 unspecified atom stereocenters. The van der Waals surface area contributed by atoms with Crippen LogP contribution in [-0.4, -0.2) is 14.5 Å². The zero-order valence-electron chi connectivity index (χ0n) is 11.2. The molecule has 0 saturated carbocycles. The van der Waals surface area contributed by atoms with Crippen LogP contribution in [0.2, 0.25) is 0 Å². The maximum atomic E-state index is 11.3. The van der Waals surface area contributed by atoms with Crippen LogP contribution in [0.25, 0.3) is 18.2 Å². The number of aromatic nitrogens is 3. The van der Waals surface area contributed by atoms with Crippen molar-refractivity contribution in [3.8, 4) is 0 Å². The van der Waals surface area contributed by atoms with Gasteiger partial charge in [-0.2, -0.15) is 0 Å². The Morgan fingerprint density at radius 3 is 2.58 bits per heavy atom. The lowest BCUT2D eigenvalue weighted by Crippen LogP contribution is -2.27. The van der Waals surface area contributed by atoms with E-state index in [4.69, 9.17) is 4.42 Å². The molecule has 0 aliphatic carbocycles. The highest BCUT2D eigenvalue weighted by Gasteiger charge is 1.99. The number of hydrogen-bond donors (Lipinski definition) is 0. The van der Waals surface area contributed by atoms with Gasteiger partial charge in [-0.15, -0.1) is 0 Å². The van der Waals surface area contributed by atoms with Crippen LogP contribution in [0.15, 0.2) is 27.7 Å². The van der Waals surface area contributed by atoms with Gasteiger partial charge in [0, 0.05) is 19.4 Å². The molecule has 5 nitrogen and oxygen atoms in total. The van der Waals surface area contributed by atoms with E-state index in [0.29, 0.717) is 16.6 Å². The number of allylic oxidation sites excluding steroid dienone is 2. The van der Waals surface area contributed by atoms with Crippen molar-refractivity contribution in [2.45, 2.75) is 13.8 Å². The van der Waals surface area contributed by atoms with Gasteiger partial charge in [-0.25, -0.2) is 14.8 Å². The average molecular weight is 257 g/mol. The molecule has 0 amide bonds. The lowest BCUT2D eigenvalue weighted by atomic mass is 10.2. The predicted molar refractivity (Wildman–Crippen MR) is 73.6 cm³/mol. The van der Waals surface area contributed by atoms with Gasteiger partial charge in [0.2, 0.25) is 0 Å². The molecule has 2 heterocycles. The topological polar surface area (TPSA) is 60.9 Å². The smallest absolute Gasteiger partial charge is 0.408 e. The predicted octanol–water partition coefficient (Wildman–Crippen LogP) is 0.371. The molecule has 5 heteroatoms. The van der Waals surface area contributed by atoms with Crippen LogP contribution in [0.4, 0.5) is 0 Å². The summed E-state index contributed by atoms with van der Waals surface area (Å²) in [6.45, 7) is 7.61. The van der Waals surface area contributed by atoms with E-state index in [1.165, 1.54) is 4.57 Å². The zero-order valence-corrected chi connectivity index (χ0v) is 11.2. The maximum Gasteiger partial charge on any atom is 0.419 e. The van der Waals surface area contributed by atoms with Gasteiger partial charge in [-0.1, -0.05) is 12.7 Å². The molecule has 0 aromatic carbocycles. The van der Waals surface area contributed by atoms with Crippen LogP contribution in [0, 0.1) is 6.92 Å². The summed E-state index contributed by atoms with van der Waals surface area (Å²) in [5.74, 6) is 0.222. The average Bonchev–Trinajstić information content (AvgIpc) is 2.64. The van der Waals surface area contributed by atoms with Gasteiger partial charge in [-0.3, -0.25) is 4.57 Å². The SMILES string of the molecule is C=c1/c(=C\C=C(/C)c2ncc(C)cn2)oc(=O)n1C. The molecule has 0 aliphatic heterocycles. The van der Waals surface area contributed by atoms with Crippen LogP contribution in [0.1, 0.15) is 18.3 Å². The summed E-state index contributed by atoms with van der Waals surface area (Å²) in [4.78, 5) is 19.7. The van der Waals surface area contributed by atoms with Crippen LogP contribution < -0.4 is 16.5 Å². The molecule has 0 aliphatic rings. The van der Waals surface area contributed by atoms with E-state index < -0.39 is 5.76 Å². The quantitative estimate of drug-likeness (QED) is 0.780. The van der Waals surface area contributed by atoms with Gasteiger partial charge in [0.05, 0.1) is 5.35 Å². The zero-order chi connectivity index (χ0) is 14.0. The van der Waals surface area contributed by atoms with E-state index >= 15 is 0 Å². The molecule has 0 atom stereocenters. The minimum Gasteiger partial charge on any atom is -0.408 e. The number of hydrogen-bond acceptors (Lipinski definition) is 4. The van der Waals surface area contributed by atoms with Crippen LogP contribution >= 0.6 is 0 Å². The molecule has 0 radical (unpaired) electrons. The Labute approximate surface area is 110 Å². The van der Waals surface area contributed by atoms with Crippen molar-refractivity contribution in [2.24, 2.45) is 7.05 Å². The van der Waals surface area contributed by atoms with Crippen molar-refractivity contribution >= 4 is 18.2 Å². The largest absolute Gasteiger partial charge is 0.419 e. The molecule has 0 spiro atoms. The maximum absolute atomic E-state index is 11.3.